The Labute approximate surface area is 98.0 Å². The molecule has 2 nitrogen and oxygen atoms in total. The Bertz CT molecular complexity index is 427. The second-order valence-electron chi connectivity index (χ2n) is 3.64. The lowest BCUT2D eigenvalue weighted by Crippen LogP contribution is -2.48. The molecular formula is C10H9F6NO. The van der Waals surface area contributed by atoms with E-state index in [1.165, 1.54) is 0 Å². The highest BCUT2D eigenvalue weighted by atomic mass is 19.4. The Hall–Kier alpha value is -1.28. The first-order chi connectivity index (χ1) is 8.02. The number of halogens is 6. The van der Waals surface area contributed by atoms with Gasteiger partial charge in [-0.15, -0.1) is 0 Å². The zero-order chi connectivity index (χ0) is 14.2. The van der Waals surface area contributed by atoms with Crippen molar-refractivity contribution in [2.24, 2.45) is 5.73 Å². The van der Waals surface area contributed by atoms with Crippen LogP contribution in [0.25, 0.3) is 0 Å². The molecule has 8 heteroatoms. The van der Waals surface area contributed by atoms with Gasteiger partial charge in [-0.05, 0) is 17.7 Å². The molecule has 0 fully saturated rings. The molecule has 0 saturated carbocycles. The molecule has 1 rings (SSSR count). The summed E-state index contributed by atoms with van der Waals surface area (Å²) in [4.78, 5) is 0. The Balaban J connectivity index is 3.33. The Morgan fingerprint density at radius 3 is 1.89 bits per heavy atom. The molecule has 0 aliphatic carbocycles. The minimum Gasteiger partial charge on any atom is -0.375 e. The van der Waals surface area contributed by atoms with Gasteiger partial charge in [-0.1, -0.05) is 12.1 Å². The van der Waals surface area contributed by atoms with Crippen LogP contribution in [0.15, 0.2) is 24.3 Å². The van der Waals surface area contributed by atoms with Crippen molar-refractivity contribution in [1.82, 2.24) is 0 Å². The van der Waals surface area contributed by atoms with Gasteiger partial charge in [-0.3, -0.25) is 0 Å². The molecule has 0 radical (unpaired) electrons. The van der Waals surface area contributed by atoms with Gasteiger partial charge in [-0.25, -0.2) is 0 Å². The largest absolute Gasteiger partial charge is 0.422 e. The number of rotatable bonds is 2. The van der Waals surface area contributed by atoms with Crippen molar-refractivity contribution in [2.45, 2.75) is 18.0 Å². The number of alkyl halides is 6. The molecule has 0 amide bonds. The van der Waals surface area contributed by atoms with E-state index in [4.69, 9.17) is 5.73 Å². The predicted octanol–water partition coefficient (Wildman–Crippen LogP) is 2.41. The highest BCUT2D eigenvalue weighted by molar-refractivity contribution is 5.31. The van der Waals surface area contributed by atoms with Gasteiger partial charge in [0.05, 0.1) is 5.56 Å². The van der Waals surface area contributed by atoms with Gasteiger partial charge in [0, 0.05) is 6.54 Å². The van der Waals surface area contributed by atoms with E-state index >= 15 is 0 Å². The Morgan fingerprint density at radius 1 is 1.00 bits per heavy atom. The highest BCUT2D eigenvalue weighted by Crippen LogP contribution is 2.40. The van der Waals surface area contributed by atoms with Crippen molar-refractivity contribution in [3.8, 4) is 0 Å². The van der Waals surface area contributed by atoms with Gasteiger partial charge in [0.25, 0.3) is 0 Å². The molecule has 1 atom stereocenters. The summed E-state index contributed by atoms with van der Waals surface area (Å²) in [6.45, 7) is -1.27. The second kappa shape index (κ2) is 4.43. The third-order valence-electron chi connectivity index (χ3n) is 2.43. The van der Waals surface area contributed by atoms with Gasteiger partial charge in [-0.2, -0.15) is 26.3 Å². The quantitative estimate of drug-likeness (QED) is 0.813. The molecule has 18 heavy (non-hydrogen) atoms. The molecule has 0 aliphatic rings. The van der Waals surface area contributed by atoms with E-state index in [-0.39, 0.29) is 6.07 Å². The minimum atomic E-state index is -5.16. The molecule has 0 saturated heterocycles. The minimum absolute atomic E-state index is 0.236. The van der Waals surface area contributed by atoms with E-state index in [2.05, 4.69) is 0 Å². The van der Waals surface area contributed by atoms with Crippen LogP contribution in [0, 0.1) is 0 Å². The summed E-state index contributed by atoms with van der Waals surface area (Å²) in [5.41, 5.74) is -0.878. The molecular weight excluding hydrogens is 264 g/mol. The first kappa shape index (κ1) is 14.8. The van der Waals surface area contributed by atoms with Crippen molar-refractivity contribution in [3.05, 3.63) is 35.4 Å². The topological polar surface area (TPSA) is 46.2 Å². The van der Waals surface area contributed by atoms with Crippen LogP contribution in [-0.2, 0) is 11.8 Å². The van der Waals surface area contributed by atoms with E-state index in [0.29, 0.717) is 6.07 Å². The van der Waals surface area contributed by atoms with E-state index in [9.17, 15) is 31.4 Å². The van der Waals surface area contributed by atoms with Gasteiger partial charge in [0.15, 0.2) is 5.60 Å². The summed E-state index contributed by atoms with van der Waals surface area (Å²) < 4.78 is 74.9. The van der Waals surface area contributed by atoms with Gasteiger partial charge in [0.2, 0.25) is 0 Å². The molecule has 0 bridgehead atoms. The monoisotopic (exact) mass is 273 g/mol. The normalized spacial score (nSPS) is 16.4. The number of hydrogen-bond acceptors (Lipinski definition) is 2. The molecule has 0 heterocycles. The molecule has 0 aromatic heterocycles. The average Bonchev–Trinajstić information content (AvgIpc) is 2.25. The zero-order valence-corrected chi connectivity index (χ0v) is 8.81. The maximum atomic E-state index is 12.6. The molecule has 102 valence electrons. The van der Waals surface area contributed by atoms with Crippen molar-refractivity contribution >= 4 is 0 Å². The number of benzene rings is 1. The van der Waals surface area contributed by atoms with Gasteiger partial charge < -0.3 is 10.8 Å². The molecule has 1 aromatic rings. The van der Waals surface area contributed by atoms with Crippen LogP contribution in [0.5, 0.6) is 0 Å². The molecule has 0 spiro atoms. The second-order valence-corrected chi connectivity index (χ2v) is 3.64. The fourth-order valence-electron chi connectivity index (χ4n) is 1.35. The maximum absolute atomic E-state index is 12.6. The van der Waals surface area contributed by atoms with Crippen molar-refractivity contribution < 1.29 is 31.4 Å². The van der Waals surface area contributed by atoms with Crippen molar-refractivity contribution in [1.29, 1.82) is 0 Å². The summed E-state index contributed by atoms with van der Waals surface area (Å²) in [7, 11) is 0. The van der Waals surface area contributed by atoms with E-state index in [1.807, 2.05) is 0 Å². The fraction of sp³-hybridized carbons (Fsp3) is 0.400. The average molecular weight is 273 g/mol. The van der Waals surface area contributed by atoms with E-state index in [0.717, 1.165) is 12.1 Å². The van der Waals surface area contributed by atoms with Crippen LogP contribution in [0.4, 0.5) is 26.3 Å². The lowest BCUT2D eigenvalue weighted by atomic mass is 9.92. The summed E-state index contributed by atoms with van der Waals surface area (Å²) in [6.07, 6.45) is -9.96. The third kappa shape index (κ3) is 2.59. The third-order valence-corrected chi connectivity index (χ3v) is 2.43. The summed E-state index contributed by atoms with van der Waals surface area (Å²) >= 11 is 0. The summed E-state index contributed by atoms with van der Waals surface area (Å²) in [5.74, 6) is 0. The smallest absolute Gasteiger partial charge is 0.375 e. The van der Waals surface area contributed by atoms with Crippen LogP contribution in [0.1, 0.15) is 11.1 Å². The van der Waals surface area contributed by atoms with Crippen LogP contribution in [0.3, 0.4) is 0 Å². The van der Waals surface area contributed by atoms with Crippen molar-refractivity contribution in [2.75, 3.05) is 6.54 Å². The summed E-state index contributed by atoms with van der Waals surface area (Å²) in [6, 6.07) is 2.37. The van der Waals surface area contributed by atoms with Crippen LogP contribution in [-0.4, -0.2) is 17.8 Å². The maximum Gasteiger partial charge on any atom is 0.422 e. The lowest BCUT2D eigenvalue weighted by Gasteiger charge is -2.29. The SMILES string of the molecule is NC[C@](O)(c1cccc(C(F)(F)F)c1)C(F)(F)F. The first-order valence-electron chi connectivity index (χ1n) is 4.69. The van der Waals surface area contributed by atoms with Crippen LogP contribution in [0.2, 0.25) is 0 Å². The number of nitrogens with two attached hydrogens (primary N) is 1. The number of aliphatic hydroxyl groups is 1. The molecule has 3 N–H and O–H groups in total. The van der Waals surface area contributed by atoms with Gasteiger partial charge in [0.1, 0.15) is 0 Å². The van der Waals surface area contributed by atoms with E-state index in [1.54, 1.807) is 0 Å². The van der Waals surface area contributed by atoms with E-state index < -0.39 is 35.6 Å². The van der Waals surface area contributed by atoms with Crippen molar-refractivity contribution in [3.63, 3.8) is 0 Å². The number of hydrogen-bond donors (Lipinski definition) is 2. The fourth-order valence-corrected chi connectivity index (χ4v) is 1.35. The Kier molecular flexibility index (Phi) is 3.64. The molecule has 0 aliphatic heterocycles. The van der Waals surface area contributed by atoms with Crippen LogP contribution < -0.4 is 5.73 Å². The zero-order valence-electron chi connectivity index (χ0n) is 8.81. The van der Waals surface area contributed by atoms with Crippen LogP contribution >= 0.6 is 0 Å². The summed E-state index contributed by atoms with van der Waals surface area (Å²) in [5, 5.41) is 9.40. The predicted molar refractivity (Wildman–Crippen MR) is 50.5 cm³/mol. The highest BCUT2D eigenvalue weighted by Gasteiger charge is 2.54. The Morgan fingerprint density at radius 2 is 1.50 bits per heavy atom. The standard InChI is InChI=1S/C10H9F6NO/c11-9(12,13)7-3-1-2-6(4-7)8(18,5-17)10(14,15)16/h1-4,18H,5,17H2/t8-/m0/s1. The lowest BCUT2D eigenvalue weighted by molar-refractivity contribution is -0.262. The molecule has 1 aromatic carbocycles. The molecule has 0 unspecified atom stereocenters. The first-order valence-corrected chi connectivity index (χ1v) is 4.69. The van der Waals surface area contributed by atoms with Gasteiger partial charge >= 0.3 is 12.4 Å².